The van der Waals surface area contributed by atoms with Gasteiger partial charge in [-0.2, -0.15) is 12.6 Å². The summed E-state index contributed by atoms with van der Waals surface area (Å²) >= 11 is 4.02. The Balaban J connectivity index is 6.24. The number of unbranched alkanes of at least 4 members (excludes halogenated alkanes) is 1. The zero-order valence-corrected chi connectivity index (χ0v) is 39.9. The van der Waals surface area contributed by atoms with Crippen LogP contribution in [-0.2, 0) is 47.9 Å². The van der Waals surface area contributed by atoms with E-state index in [0.717, 1.165) is 0 Å². The minimum atomic E-state index is -1.83. The molecule has 0 radical (unpaired) electrons. The maximum Gasteiger partial charge on any atom is 0.326 e. The summed E-state index contributed by atoms with van der Waals surface area (Å²) in [4.78, 5) is 130. The third kappa shape index (κ3) is 22.4. The number of thiol groups is 1. The monoisotopic (exact) mass is 963 g/mol. The van der Waals surface area contributed by atoms with Crippen LogP contribution in [0, 0.1) is 23.7 Å². The molecule has 0 unspecified atom stereocenters. The Morgan fingerprint density at radius 3 is 1.20 bits per heavy atom. The minimum absolute atomic E-state index is 0.00511. The molecule has 25 heteroatoms. The Kier molecular flexibility index (Phi) is 28.6. The molecule has 0 aromatic rings. The molecule has 0 saturated heterocycles. The van der Waals surface area contributed by atoms with E-state index in [0.29, 0.717) is 12.8 Å². The van der Waals surface area contributed by atoms with E-state index in [9.17, 15) is 68.4 Å². The summed E-state index contributed by atoms with van der Waals surface area (Å²) in [7, 11) is 0. The molecule has 0 aliphatic carbocycles. The number of hydrogen-bond donors (Lipinski definition) is 15. The molecule has 0 spiro atoms. The zero-order valence-electron chi connectivity index (χ0n) is 39.0. The number of amides is 8. The number of nitrogens with one attached hydrogen (secondary N) is 8. The molecule has 16 N–H and O–H groups in total. The second-order valence-corrected chi connectivity index (χ2v) is 17.8. The Hall–Kier alpha value is -5.11. The lowest BCUT2D eigenvalue weighted by atomic mass is 9.98. The topological polar surface area (TPSA) is 400 Å². The van der Waals surface area contributed by atoms with Crippen LogP contribution in [0.1, 0.15) is 93.9 Å². The summed E-state index contributed by atoms with van der Waals surface area (Å²) in [6.07, 6.45) is 0.0379. The van der Waals surface area contributed by atoms with Gasteiger partial charge in [-0.1, -0.05) is 55.4 Å². The second-order valence-electron chi connectivity index (χ2n) is 17.5. The smallest absolute Gasteiger partial charge is 0.326 e. The van der Waals surface area contributed by atoms with E-state index >= 15 is 0 Å². The SMILES string of the molecule is CC(C)C[C@H](NC(=O)[C@@H](NC(=O)[C@H](CC(C)C)NC(=O)[C@@H](N)CS)C(C)C)C(=O)N[C@@H](CC(=O)O)C(=O)N[C@H](C(=O)N[C@@H](CO)C(=O)N[C@@H](CO)C(=O)N[C@@H](CCCCN)C(=O)O)C(C)C. The summed E-state index contributed by atoms with van der Waals surface area (Å²) in [6.45, 7) is 11.6. The number of hydrogen-bond acceptors (Lipinski definition) is 15. The standard InChI is InChI=1S/C41H74N10O14S/c1-19(2)13-25(47-39(62)31(21(5)6)50-35(58)26(14-20(3)4)45-33(56)23(43)18-66)34(57)46-27(15-30(54)55)36(59)51-32(22(7)8)40(63)49-29(17-53)38(61)48-28(16-52)37(60)44-24(41(64)65)11-9-10-12-42/h19-29,31-32,52-53,66H,9-18,42-43H2,1-8H3,(H,44,60)(H,45,56)(H,46,57)(H,47,62)(H,48,61)(H,49,63)(H,50,58)(H,51,59)(H,54,55)(H,64,65)/t23-,24-,25-,26-,27-,28-,29-,31-,32-/m0/s1. The summed E-state index contributed by atoms with van der Waals surface area (Å²) in [5, 5.41) is 58.0. The Bertz CT molecular complexity index is 1650. The van der Waals surface area contributed by atoms with Gasteiger partial charge in [0.1, 0.15) is 48.3 Å². The molecular formula is C41H74N10O14S. The van der Waals surface area contributed by atoms with Gasteiger partial charge in [-0.25, -0.2) is 4.79 Å². The molecule has 0 rings (SSSR count). The molecule has 0 saturated carbocycles. The van der Waals surface area contributed by atoms with Crippen molar-refractivity contribution in [2.75, 3.05) is 25.5 Å². The Morgan fingerprint density at radius 2 is 0.833 bits per heavy atom. The molecular weight excluding hydrogens is 889 g/mol. The molecule has 24 nitrogen and oxygen atoms in total. The van der Waals surface area contributed by atoms with Crippen LogP contribution >= 0.6 is 12.6 Å². The summed E-state index contributed by atoms with van der Waals surface area (Å²) < 4.78 is 0. The van der Waals surface area contributed by atoms with Gasteiger partial charge < -0.3 is 74.4 Å². The van der Waals surface area contributed by atoms with Crippen molar-refractivity contribution in [1.82, 2.24) is 42.5 Å². The number of carboxylic acid groups (broad SMARTS) is 2. The average molecular weight is 963 g/mol. The van der Waals surface area contributed by atoms with Gasteiger partial charge in [0, 0.05) is 5.75 Å². The Morgan fingerprint density at radius 1 is 0.485 bits per heavy atom. The number of carboxylic acids is 2. The summed E-state index contributed by atoms with van der Waals surface area (Å²) in [5.74, 6) is -12.0. The van der Waals surface area contributed by atoms with Crippen molar-refractivity contribution in [2.45, 2.75) is 148 Å². The first-order chi connectivity index (χ1) is 30.7. The molecule has 0 fully saturated rings. The molecule has 0 aromatic heterocycles. The van der Waals surface area contributed by atoms with Crippen molar-refractivity contribution in [3.05, 3.63) is 0 Å². The van der Waals surface area contributed by atoms with Crippen LogP contribution in [0.15, 0.2) is 0 Å². The quantitative estimate of drug-likeness (QED) is 0.0227. The van der Waals surface area contributed by atoms with Crippen LogP contribution in [-0.4, -0.2) is 160 Å². The van der Waals surface area contributed by atoms with Crippen LogP contribution in [0.2, 0.25) is 0 Å². The van der Waals surface area contributed by atoms with Crippen molar-refractivity contribution in [3.63, 3.8) is 0 Å². The van der Waals surface area contributed by atoms with Crippen molar-refractivity contribution in [3.8, 4) is 0 Å². The van der Waals surface area contributed by atoms with Crippen molar-refractivity contribution in [1.29, 1.82) is 0 Å². The van der Waals surface area contributed by atoms with Crippen molar-refractivity contribution in [2.24, 2.45) is 35.1 Å². The van der Waals surface area contributed by atoms with Gasteiger partial charge in [-0.05, 0) is 62.3 Å². The van der Waals surface area contributed by atoms with Crippen LogP contribution in [0.5, 0.6) is 0 Å². The molecule has 0 aromatic carbocycles. The maximum atomic E-state index is 13.8. The fourth-order valence-electron chi connectivity index (χ4n) is 6.21. The number of carbonyl (C=O) groups is 10. The predicted molar refractivity (Wildman–Crippen MR) is 243 cm³/mol. The molecule has 9 atom stereocenters. The van der Waals surface area contributed by atoms with E-state index in [2.05, 4.69) is 55.2 Å². The predicted octanol–water partition coefficient (Wildman–Crippen LogP) is -3.80. The van der Waals surface area contributed by atoms with Gasteiger partial charge in [-0.15, -0.1) is 0 Å². The lowest BCUT2D eigenvalue weighted by Gasteiger charge is -2.29. The van der Waals surface area contributed by atoms with Gasteiger partial charge in [0.05, 0.1) is 25.7 Å². The molecule has 0 aliphatic heterocycles. The first-order valence-corrected chi connectivity index (χ1v) is 22.5. The molecule has 8 amide bonds. The number of aliphatic hydroxyl groups excluding tert-OH is 2. The van der Waals surface area contributed by atoms with Crippen LogP contribution in [0.25, 0.3) is 0 Å². The van der Waals surface area contributed by atoms with Gasteiger partial charge >= 0.3 is 11.9 Å². The molecule has 378 valence electrons. The minimum Gasteiger partial charge on any atom is -0.481 e. The highest BCUT2D eigenvalue weighted by molar-refractivity contribution is 7.80. The van der Waals surface area contributed by atoms with E-state index < -0.39 is 145 Å². The Labute approximate surface area is 390 Å². The highest BCUT2D eigenvalue weighted by Gasteiger charge is 2.37. The number of aliphatic hydroxyl groups is 2. The van der Waals surface area contributed by atoms with Crippen LogP contribution in [0.3, 0.4) is 0 Å². The lowest BCUT2D eigenvalue weighted by molar-refractivity contribution is -0.143. The van der Waals surface area contributed by atoms with E-state index in [4.69, 9.17) is 11.5 Å². The fourth-order valence-corrected chi connectivity index (χ4v) is 6.37. The molecule has 0 aliphatic rings. The lowest BCUT2D eigenvalue weighted by Crippen LogP contribution is -2.62. The van der Waals surface area contributed by atoms with Gasteiger partial charge in [0.15, 0.2) is 0 Å². The normalized spacial score (nSPS) is 15.5. The number of carbonyl (C=O) groups excluding carboxylic acids is 8. The first-order valence-electron chi connectivity index (χ1n) is 21.9. The molecule has 0 heterocycles. The summed E-state index contributed by atoms with van der Waals surface area (Å²) in [5.41, 5.74) is 11.2. The highest BCUT2D eigenvalue weighted by Crippen LogP contribution is 2.12. The van der Waals surface area contributed by atoms with E-state index in [1.165, 1.54) is 13.8 Å². The first kappa shape index (κ1) is 60.9. The largest absolute Gasteiger partial charge is 0.481 e. The van der Waals surface area contributed by atoms with Crippen molar-refractivity contribution < 1.29 is 68.4 Å². The van der Waals surface area contributed by atoms with Crippen LogP contribution in [0.4, 0.5) is 0 Å². The average Bonchev–Trinajstić information content (AvgIpc) is 3.22. The van der Waals surface area contributed by atoms with Gasteiger partial charge in [0.25, 0.3) is 0 Å². The van der Waals surface area contributed by atoms with E-state index in [-0.39, 0.29) is 43.4 Å². The maximum absolute atomic E-state index is 13.8. The van der Waals surface area contributed by atoms with Gasteiger partial charge in [0.2, 0.25) is 47.3 Å². The zero-order chi connectivity index (χ0) is 51.0. The molecule has 66 heavy (non-hydrogen) atoms. The van der Waals surface area contributed by atoms with Gasteiger partial charge in [-0.3, -0.25) is 43.2 Å². The fraction of sp³-hybridized carbons (Fsp3) is 0.756. The van der Waals surface area contributed by atoms with Crippen LogP contribution < -0.4 is 54.0 Å². The highest BCUT2D eigenvalue weighted by atomic mass is 32.1. The summed E-state index contributed by atoms with van der Waals surface area (Å²) in [6, 6.07) is -12.9. The molecule has 0 bridgehead atoms. The van der Waals surface area contributed by atoms with Crippen molar-refractivity contribution >= 4 is 71.8 Å². The third-order valence-electron chi connectivity index (χ3n) is 9.91. The van der Waals surface area contributed by atoms with E-state index in [1.54, 1.807) is 27.7 Å². The third-order valence-corrected chi connectivity index (χ3v) is 10.3. The number of nitrogens with two attached hydrogens (primary N) is 2. The number of aliphatic carboxylic acids is 2. The van der Waals surface area contributed by atoms with E-state index in [1.807, 2.05) is 13.8 Å². The second kappa shape index (κ2) is 31.0. The number of rotatable bonds is 32.